The second kappa shape index (κ2) is 6.49. The van der Waals surface area contributed by atoms with Gasteiger partial charge in [-0.1, -0.05) is 41.9 Å². The molecular weight excluding hydrogens is 300 g/mol. The van der Waals surface area contributed by atoms with Crippen molar-refractivity contribution in [3.8, 4) is 0 Å². The third-order valence-electron chi connectivity index (χ3n) is 4.21. The summed E-state index contributed by atoms with van der Waals surface area (Å²) in [5.41, 5.74) is 2.77. The zero-order valence-electron chi connectivity index (χ0n) is 12.5. The van der Waals surface area contributed by atoms with E-state index in [-0.39, 0.29) is 0 Å². The quantitative estimate of drug-likeness (QED) is 0.884. The van der Waals surface area contributed by atoms with Crippen molar-refractivity contribution in [2.24, 2.45) is 0 Å². The van der Waals surface area contributed by atoms with Gasteiger partial charge in [0, 0.05) is 23.5 Å². The highest BCUT2D eigenvalue weighted by atomic mass is 35.5. The molecule has 112 valence electrons. The van der Waals surface area contributed by atoms with Crippen LogP contribution in [0.4, 0.5) is 0 Å². The van der Waals surface area contributed by atoms with Crippen molar-refractivity contribution in [2.75, 3.05) is 20.6 Å². The molecule has 0 bridgehead atoms. The molecule has 1 aromatic heterocycles. The fraction of sp³-hybridized carbons (Fsp3) is 0.412. The molecule has 3 rings (SSSR count). The standard InChI is InChI=1S/C17H21ClN2S/c1-20(2)15(12-6-4-3-5-7-12)11-19-14-8-9-16-13(14)10-17(18)21-16/h3-7,10,14-15,19H,8-9,11H2,1-2H3. The Hall–Kier alpha value is -0.870. The largest absolute Gasteiger partial charge is 0.308 e. The summed E-state index contributed by atoms with van der Waals surface area (Å²) >= 11 is 7.87. The third kappa shape index (κ3) is 3.32. The van der Waals surface area contributed by atoms with Gasteiger partial charge in [-0.15, -0.1) is 11.3 Å². The van der Waals surface area contributed by atoms with E-state index in [1.807, 2.05) is 0 Å². The van der Waals surface area contributed by atoms with Crippen LogP contribution in [0.3, 0.4) is 0 Å². The number of hydrogen-bond acceptors (Lipinski definition) is 3. The first kappa shape index (κ1) is 15.0. The number of hydrogen-bond donors (Lipinski definition) is 1. The lowest BCUT2D eigenvalue weighted by atomic mass is 10.1. The van der Waals surface area contributed by atoms with Crippen LogP contribution in [-0.2, 0) is 6.42 Å². The monoisotopic (exact) mass is 320 g/mol. The van der Waals surface area contributed by atoms with Gasteiger partial charge in [0.25, 0.3) is 0 Å². The maximum Gasteiger partial charge on any atom is 0.0934 e. The lowest BCUT2D eigenvalue weighted by Crippen LogP contribution is -2.32. The summed E-state index contributed by atoms with van der Waals surface area (Å²) < 4.78 is 0.915. The summed E-state index contributed by atoms with van der Waals surface area (Å²) in [6.07, 6.45) is 2.34. The second-order valence-electron chi connectivity index (χ2n) is 5.82. The number of benzene rings is 1. The van der Waals surface area contributed by atoms with Crippen molar-refractivity contribution < 1.29 is 0 Å². The van der Waals surface area contributed by atoms with E-state index in [9.17, 15) is 0 Å². The van der Waals surface area contributed by atoms with Gasteiger partial charge in [-0.2, -0.15) is 0 Å². The van der Waals surface area contributed by atoms with E-state index in [2.05, 4.69) is 60.7 Å². The van der Waals surface area contributed by atoms with Gasteiger partial charge in [0.05, 0.1) is 4.34 Å². The Morgan fingerprint density at radius 3 is 2.81 bits per heavy atom. The van der Waals surface area contributed by atoms with Gasteiger partial charge in [0.2, 0.25) is 0 Å². The van der Waals surface area contributed by atoms with E-state index >= 15 is 0 Å². The van der Waals surface area contributed by atoms with Crippen LogP contribution < -0.4 is 5.32 Å². The molecule has 0 radical (unpaired) electrons. The van der Waals surface area contributed by atoms with Crippen LogP contribution in [0, 0.1) is 0 Å². The van der Waals surface area contributed by atoms with Crippen molar-refractivity contribution in [1.82, 2.24) is 10.2 Å². The van der Waals surface area contributed by atoms with Crippen molar-refractivity contribution in [3.05, 3.63) is 56.7 Å². The minimum Gasteiger partial charge on any atom is -0.308 e. The van der Waals surface area contributed by atoms with Crippen LogP contribution in [0.1, 0.15) is 34.5 Å². The number of aryl methyl sites for hydroxylation is 1. The van der Waals surface area contributed by atoms with E-state index in [1.54, 1.807) is 11.3 Å². The van der Waals surface area contributed by atoms with Crippen LogP contribution in [0.15, 0.2) is 36.4 Å². The minimum atomic E-state index is 0.393. The van der Waals surface area contributed by atoms with Gasteiger partial charge in [-0.05, 0) is 44.1 Å². The molecule has 0 amide bonds. The topological polar surface area (TPSA) is 15.3 Å². The molecule has 0 aliphatic heterocycles. The molecule has 4 heteroatoms. The number of halogens is 1. The molecule has 1 N–H and O–H groups in total. The van der Waals surface area contributed by atoms with E-state index in [0.717, 1.165) is 17.3 Å². The molecule has 1 aliphatic rings. The number of nitrogens with one attached hydrogen (secondary N) is 1. The van der Waals surface area contributed by atoms with Crippen LogP contribution in [0.2, 0.25) is 4.34 Å². The SMILES string of the molecule is CN(C)C(CNC1CCc2sc(Cl)cc21)c1ccccc1. The molecule has 1 heterocycles. The Bertz CT molecular complexity index is 594. The lowest BCUT2D eigenvalue weighted by molar-refractivity contribution is 0.279. The molecule has 2 unspecified atom stereocenters. The summed E-state index contributed by atoms with van der Waals surface area (Å²) in [5, 5.41) is 3.74. The van der Waals surface area contributed by atoms with E-state index < -0.39 is 0 Å². The Balaban J connectivity index is 1.68. The molecule has 0 saturated carbocycles. The fourth-order valence-corrected chi connectivity index (χ4v) is 4.43. The third-order valence-corrected chi connectivity index (χ3v) is 5.55. The molecule has 2 nitrogen and oxygen atoms in total. The molecule has 1 aromatic carbocycles. The molecule has 1 aliphatic carbocycles. The normalized spacial score (nSPS) is 19.0. The number of likely N-dealkylation sites (N-methyl/N-ethyl adjacent to an activating group) is 1. The van der Waals surface area contributed by atoms with Crippen molar-refractivity contribution in [1.29, 1.82) is 0 Å². The van der Waals surface area contributed by atoms with Crippen molar-refractivity contribution in [2.45, 2.75) is 24.9 Å². The Morgan fingerprint density at radius 1 is 1.33 bits per heavy atom. The first-order valence-electron chi connectivity index (χ1n) is 7.38. The highest BCUT2D eigenvalue weighted by molar-refractivity contribution is 7.16. The predicted molar refractivity (Wildman–Crippen MR) is 91.3 cm³/mol. The average Bonchev–Trinajstić information content (AvgIpc) is 3.00. The average molecular weight is 321 g/mol. The molecule has 21 heavy (non-hydrogen) atoms. The maximum absolute atomic E-state index is 6.14. The molecule has 2 atom stereocenters. The van der Waals surface area contributed by atoms with E-state index in [4.69, 9.17) is 11.6 Å². The molecule has 0 saturated heterocycles. The second-order valence-corrected chi connectivity index (χ2v) is 7.59. The van der Waals surface area contributed by atoms with E-state index in [1.165, 1.54) is 22.4 Å². The molecule has 0 spiro atoms. The first-order valence-corrected chi connectivity index (χ1v) is 8.57. The molecular formula is C17H21ClN2S. The smallest absolute Gasteiger partial charge is 0.0934 e. The number of rotatable bonds is 5. The van der Waals surface area contributed by atoms with E-state index in [0.29, 0.717) is 12.1 Å². The van der Waals surface area contributed by atoms with Crippen LogP contribution in [0.5, 0.6) is 0 Å². The van der Waals surface area contributed by atoms with Gasteiger partial charge in [-0.25, -0.2) is 0 Å². The summed E-state index contributed by atoms with van der Waals surface area (Å²) in [7, 11) is 4.28. The number of thiophene rings is 1. The van der Waals surface area contributed by atoms with Gasteiger partial charge in [0.15, 0.2) is 0 Å². The van der Waals surface area contributed by atoms with Crippen molar-refractivity contribution >= 4 is 22.9 Å². The van der Waals surface area contributed by atoms with Gasteiger partial charge < -0.3 is 10.2 Å². The summed E-state index contributed by atoms with van der Waals surface area (Å²) in [4.78, 5) is 3.73. The predicted octanol–water partition coefficient (Wildman–Crippen LogP) is 4.28. The highest BCUT2D eigenvalue weighted by Gasteiger charge is 2.26. The zero-order chi connectivity index (χ0) is 14.8. The minimum absolute atomic E-state index is 0.393. The Kier molecular flexibility index (Phi) is 4.65. The van der Waals surface area contributed by atoms with Gasteiger partial charge >= 0.3 is 0 Å². The Labute approximate surface area is 135 Å². The highest BCUT2D eigenvalue weighted by Crippen LogP contribution is 2.39. The summed E-state index contributed by atoms with van der Waals surface area (Å²) in [6.45, 7) is 0.953. The summed E-state index contributed by atoms with van der Waals surface area (Å²) in [5.74, 6) is 0. The number of fused-ring (bicyclic) bond motifs is 1. The molecule has 0 fully saturated rings. The van der Waals surface area contributed by atoms with Crippen molar-refractivity contribution in [3.63, 3.8) is 0 Å². The fourth-order valence-electron chi connectivity index (χ4n) is 3.07. The maximum atomic E-state index is 6.14. The van der Waals surface area contributed by atoms with Crippen LogP contribution in [-0.4, -0.2) is 25.5 Å². The Morgan fingerprint density at radius 2 is 2.10 bits per heavy atom. The van der Waals surface area contributed by atoms with Crippen LogP contribution in [0.25, 0.3) is 0 Å². The summed E-state index contributed by atoms with van der Waals surface area (Å²) in [6, 6.07) is 13.7. The van der Waals surface area contributed by atoms with Crippen LogP contribution >= 0.6 is 22.9 Å². The molecule has 2 aromatic rings. The number of nitrogens with zero attached hydrogens (tertiary/aromatic N) is 1. The van der Waals surface area contributed by atoms with Gasteiger partial charge in [0.1, 0.15) is 0 Å². The first-order chi connectivity index (χ1) is 10.1. The lowest BCUT2D eigenvalue weighted by Gasteiger charge is -2.27. The van der Waals surface area contributed by atoms with Gasteiger partial charge in [-0.3, -0.25) is 0 Å². The zero-order valence-corrected chi connectivity index (χ0v) is 14.0.